The number of aromatic nitrogens is 1. The van der Waals surface area contributed by atoms with E-state index in [4.69, 9.17) is 0 Å². The van der Waals surface area contributed by atoms with E-state index in [2.05, 4.69) is 16.7 Å². The zero-order chi connectivity index (χ0) is 19.0. The van der Waals surface area contributed by atoms with Crippen LogP contribution in [-0.2, 0) is 22.6 Å². The van der Waals surface area contributed by atoms with Crippen LogP contribution in [0, 0.1) is 0 Å². The summed E-state index contributed by atoms with van der Waals surface area (Å²) in [6, 6.07) is 19.9. The summed E-state index contributed by atoms with van der Waals surface area (Å²) in [6.07, 6.45) is 1.88. The zero-order valence-corrected chi connectivity index (χ0v) is 15.1. The standard InChI is InChI=1S/C22H20N2O3/c1-23(21(25)22(26)27)20-19(16-11-6-3-7-12-16)18(15-9-4-2-5-10-15)17-13-8-14-24(17)20/h2-7,9-12H,8,13-14H2,1H3,(H,26,27). The van der Waals surface area contributed by atoms with Crippen LogP contribution in [0.1, 0.15) is 12.1 Å². The summed E-state index contributed by atoms with van der Waals surface area (Å²) >= 11 is 0. The maximum atomic E-state index is 12.3. The van der Waals surface area contributed by atoms with Crippen molar-refractivity contribution in [3.05, 3.63) is 66.4 Å². The minimum atomic E-state index is -1.45. The fraction of sp³-hybridized carbons (Fsp3) is 0.182. The van der Waals surface area contributed by atoms with Crippen molar-refractivity contribution < 1.29 is 14.7 Å². The highest BCUT2D eigenvalue weighted by molar-refractivity contribution is 6.37. The van der Waals surface area contributed by atoms with Crippen LogP contribution in [0.2, 0.25) is 0 Å². The molecule has 136 valence electrons. The van der Waals surface area contributed by atoms with Crippen molar-refractivity contribution in [1.82, 2.24) is 4.57 Å². The summed E-state index contributed by atoms with van der Waals surface area (Å²) in [7, 11) is 1.54. The van der Waals surface area contributed by atoms with Gasteiger partial charge in [-0.2, -0.15) is 0 Å². The number of aliphatic carboxylic acids is 1. The van der Waals surface area contributed by atoms with E-state index in [0.29, 0.717) is 5.82 Å². The van der Waals surface area contributed by atoms with E-state index < -0.39 is 11.9 Å². The molecule has 5 heteroatoms. The number of carboxylic acid groups (broad SMARTS) is 1. The van der Waals surface area contributed by atoms with Crippen molar-refractivity contribution in [1.29, 1.82) is 0 Å². The van der Waals surface area contributed by atoms with Crippen LogP contribution in [-0.4, -0.2) is 28.6 Å². The summed E-state index contributed by atoms with van der Waals surface area (Å²) < 4.78 is 2.10. The van der Waals surface area contributed by atoms with Crippen molar-refractivity contribution in [2.45, 2.75) is 19.4 Å². The fourth-order valence-corrected chi connectivity index (χ4v) is 3.94. The van der Waals surface area contributed by atoms with Crippen LogP contribution in [0.25, 0.3) is 22.3 Å². The summed E-state index contributed by atoms with van der Waals surface area (Å²) in [4.78, 5) is 24.9. The summed E-state index contributed by atoms with van der Waals surface area (Å²) in [5.74, 6) is -1.73. The molecule has 0 fully saturated rings. The Bertz CT molecular complexity index is 1010. The number of amides is 1. The molecule has 27 heavy (non-hydrogen) atoms. The number of benzene rings is 2. The molecule has 0 atom stereocenters. The molecule has 5 nitrogen and oxygen atoms in total. The second kappa shape index (κ2) is 6.76. The summed E-state index contributed by atoms with van der Waals surface area (Å²) in [5, 5.41) is 9.25. The van der Waals surface area contributed by atoms with Crippen molar-refractivity contribution >= 4 is 17.7 Å². The Kier molecular flexibility index (Phi) is 4.28. The Morgan fingerprint density at radius 2 is 1.48 bits per heavy atom. The molecule has 0 radical (unpaired) electrons. The number of hydrogen-bond acceptors (Lipinski definition) is 2. The third-order valence-electron chi connectivity index (χ3n) is 5.07. The van der Waals surface area contributed by atoms with Crippen LogP contribution in [0.4, 0.5) is 5.82 Å². The van der Waals surface area contributed by atoms with Crippen molar-refractivity contribution in [2.24, 2.45) is 0 Å². The van der Waals surface area contributed by atoms with Gasteiger partial charge in [-0.3, -0.25) is 9.69 Å². The molecule has 0 saturated carbocycles. The molecule has 1 aliphatic heterocycles. The van der Waals surface area contributed by atoms with Crippen molar-refractivity contribution in [2.75, 3.05) is 11.9 Å². The fourth-order valence-electron chi connectivity index (χ4n) is 3.94. The molecule has 1 N–H and O–H groups in total. The van der Waals surface area contributed by atoms with Crippen molar-refractivity contribution in [3.8, 4) is 22.3 Å². The van der Waals surface area contributed by atoms with Gasteiger partial charge in [-0.25, -0.2) is 4.79 Å². The Morgan fingerprint density at radius 3 is 2.04 bits per heavy atom. The molecule has 1 aliphatic rings. The van der Waals surface area contributed by atoms with E-state index >= 15 is 0 Å². The highest BCUT2D eigenvalue weighted by Gasteiger charge is 2.32. The van der Waals surface area contributed by atoms with Crippen LogP contribution in [0.5, 0.6) is 0 Å². The molecule has 3 aromatic rings. The molecule has 0 aliphatic carbocycles. The number of carboxylic acids is 1. The quantitative estimate of drug-likeness (QED) is 0.723. The number of rotatable bonds is 3. The molecule has 0 bridgehead atoms. The number of carbonyl (C=O) groups is 2. The first-order valence-corrected chi connectivity index (χ1v) is 8.96. The smallest absolute Gasteiger partial charge is 0.395 e. The van der Waals surface area contributed by atoms with E-state index in [9.17, 15) is 14.7 Å². The van der Waals surface area contributed by atoms with Crippen LogP contribution >= 0.6 is 0 Å². The molecule has 2 heterocycles. The first-order valence-electron chi connectivity index (χ1n) is 8.96. The van der Waals surface area contributed by atoms with Gasteiger partial charge in [0.25, 0.3) is 0 Å². The Labute approximate surface area is 157 Å². The predicted molar refractivity (Wildman–Crippen MR) is 105 cm³/mol. The maximum Gasteiger partial charge on any atom is 0.395 e. The molecule has 1 aromatic heterocycles. The lowest BCUT2D eigenvalue weighted by Gasteiger charge is -2.20. The topological polar surface area (TPSA) is 62.5 Å². The first kappa shape index (κ1) is 17.1. The lowest BCUT2D eigenvalue weighted by atomic mass is 9.95. The highest BCUT2D eigenvalue weighted by Crippen LogP contribution is 2.46. The second-order valence-electron chi connectivity index (χ2n) is 6.68. The minimum Gasteiger partial charge on any atom is -0.474 e. The molecule has 0 unspecified atom stereocenters. The van der Waals surface area contributed by atoms with Crippen LogP contribution in [0.15, 0.2) is 60.7 Å². The lowest BCUT2D eigenvalue weighted by Crippen LogP contribution is -2.34. The third kappa shape index (κ3) is 2.81. The van der Waals surface area contributed by atoms with Gasteiger partial charge < -0.3 is 9.67 Å². The number of fused-ring (bicyclic) bond motifs is 1. The number of nitrogens with zero attached hydrogens (tertiary/aromatic N) is 2. The maximum absolute atomic E-state index is 12.3. The normalized spacial score (nSPS) is 12.6. The second-order valence-corrected chi connectivity index (χ2v) is 6.68. The van der Waals surface area contributed by atoms with Crippen molar-refractivity contribution in [3.63, 3.8) is 0 Å². The number of hydrogen-bond donors (Lipinski definition) is 1. The van der Waals surface area contributed by atoms with E-state index in [1.165, 1.54) is 4.90 Å². The van der Waals surface area contributed by atoms with E-state index in [-0.39, 0.29) is 0 Å². The lowest BCUT2D eigenvalue weighted by molar-refractivity contribution is -0.148. The number of anilines is 1. The SMILES string of the molecule is CN(C(=O)C(=O)O)c1c(-c2ccccc2)c(-c2ccccc2)c2n1CCC2. The molecule has 2 aromatic carbocycles. The largest absolute Gasteiger partial charge is 0.474 e. The number of carbonyl (C=O) groups excluding carboxylic acids is 1. The number of likely N-dealkylation sites (N-methyl/N-ethyl adjacent to an activating group) is 1. The Balaban J connectivity index is 2.04. The summed E-state index contributed by atoms with van der Waals surface area (Å²) in [6.45, 7) is 0.772. The third-order valence-corrected chi connectivity index (χ3v) is 5.07. The Hall–Kier alpha value is -3.34. The predicted octanol–water partition coefficient (Wildman–Crippen LogP) is 3.82. The van der Waals surface area contributed by atoms with Gasteiger partial charge in [0.15, 0.2) is 0 Å². The van der Waals surface area contributed by atoms with Crippen LogP contribution < -0.4 is 4.90 Å². The van der Waals surface area contributed by atoms with Gasteiger partial charge in [0.1, 0.15) is 5.82 Å². The van der Waals surface area contributed by atoms with Gasteiger partial charge in [0.2, 0.25) is 0 Å². The van der Waals surface area contributed by atoms with Crippen LogP contribution in [0.3, 0.4) is 0 Å². The first-order chi connectivity index (χ1) is 13.1. The zero-order valence-electron chi connectivity index (χ0n) is 15.1. The minimum absolute atomic E-state index is 0.653. The van der Waals surface area contributed by atoms with E-state index in [1.54, 1.807) is 7.05 Å². The highest BCUT2D eigenvalue weighted by atomic mass is 16.4. The summed E-state index contributed by atoms with van der Waals surface area (Å²) in [5.41, 5.74) is 5.19. The molecular formula is C22H20N2O3. The van der Waals surface area contributed by atoms with Gasteiger partial charge in [0, 0.05) is 30.4 Å². The van der Waals surface area contributed by atoms with Gasteiger partial charge in [-0.1, -0.05) is 60.7 Å². The van der Waals surface area contributed by atoms with Gasteiger partial charge >= 0.3 is 11.9 Å². The van der Waals surface area contributed by atoms with E-state index in [1.807, 2.05) is 48.5 Å². The van der Waals surface area contributed by atoms with Gasteiger partial charge in [-0.15, -0.1) is 0 Å². The van der Waals surface area contributed by atoms with Gasteiger partial charge in [-0.05, 0) is 24.0 Å². The molecule has 4 rings (SSSR count). The molecular weight excluding hydrogens is 340 g/mol. The molecule has 0 spiro atoms. The average Bonchev–Trinajstić information content (AvgIpc) is 3.28. The average molecular weight is 360 g/mol. The molecule has 1 amide bonds. The van der Waals surface area contributed by atoms with E-state index in [0.717, 1.165) is 47.3 Å². The Morgan fingerprint density at radius 1 is 0.926 bits per heavy atom. The molecule has 0 saturated heterocycles. The monoisotopic (exact) mass is 360 g/mol. The van der Waals surface area contributed by atoms with Gasteiger partial charge in [0.05, 0.1) is 0 Å².